The maximum absolute atomic E-state index is 13.7. The number of para-hydroxylation sites is 1. The first kappa shape index (κ1) is 18.1. The highest BCUT2D eigenvalue weighted by atomic mass is 19.1. The van der Waals surface area contributed by atoms with E-state index in [1.165, 1.54) is 6.07 Å². The first-order valence-corrected chi connectivity index (χ1v) is 8.89. The number of halogens is 2. The molecule has 1 aromatic heterocycles. The Labute approximate surface area is 160 Å². The van der Waals surface area contributed by atoms with Gasteiger partial charge in [-0.3, -0.25) is 4.79 Å². The summed E-state index contributed by atoms with van der Waals surface area (Å²) in [4.78, 5) is 13.9. The Morgan fingerprint density at radius 2 is 1.93 bits per heavy atom. The topological polar surface area (TPSA) is 60.2 Å². The van der Waals surface area contributed by atoms with Gasteiger partial charge in [-0.15, -0.1) is 5.10 Å². The van der Waals surface area contributed by atoms with Crippen molar-refractivity contribution in [1.29, 1.82) is 0 Å². The molecule has 1 aliphatic heterocycles. The van der Waals surface area contributed by atoms with Gasteiger partial charge in [0.2, 0.25) is 5.91 Å². The van der Waals surface area contributed by atoms with Gasteiger partial charge in [-0.1, -0.05) is 29.5 Å². The van der Waals surface area contributed by atoms with Crippen LogP contribution in [0, 0.1) is 11.6 Å². The lowest BCUT2D eigenvalue weighted by molar-refractivity contribution is -0.136. The van der Waals surface area contributed by atoms with Gasteiger partial charge in [-0.2, -0.15) is 0 Å². The van der Waals surface area contributed by atoms with Crippen LogP contribution in [0.15, 0.2) is 54.7 Å². The standard InChI is InChI=1S/C20H18F2N4O2/c21-15-7-6-14(19(22)9-15)8-20(27)25-11-17(12-25)26-10-16(23-24-26)13-28-18-4-2-1-3-5-18/h1-7,9-10,17H,8,11-13H2. The maximum Gasteiger partial charge on any atom is 0.227 e. The van der Waals surface area contributed by atoms with Crippen LogP contribution in [0.4, 0.5) is 8.78 Å². The van der Waals surface area contributed by atoms with Crippen LogP contribution in [0.25, 0.3) is 0 Å². The zero-order valence-corrected chi connectivity index (χ0v) is 15.0. The van der Waals surface area contributed by atoms with Crippen molar-refractivity contribution in [2.45, 2.75) is 19.1 Å². The fourth-order valence-corrected chi connectivity index (χ4v) is 3.00. The molecule has 6 nitrogen and oxygen atoms in total. The molecule has 0 spiro atoms. The van der Waals surface area contributed by atoms with Gasteiger partial charge < -0.3 is 9.64 Å². The van der Waals surface area contributed by atoms with Crippen molar-refractivity contribution in [3.8, 4) is 5.75 Å². The smallest absolute Gasteiger partial charge is 0.227 e. The van der Waals surface area contributed by atoms with Gasteiger partial charge >= 0.3 is 0 Å². The fraction of sp³-hybridized carbons (Fsp3) is 0.250. The average Bonchev–Trinajstić information content (AvgIpc) is 3.10. The lowest BCUT2D eigenvalue weighted by Gasteiger charge is -2.39. The summed E-state index contributed by atoms with van der Waals surface area (Å²) >= 11 is 0. The van der Waals surface area contributed by atoms with E-state index < -0.39 is 11.6 Å². The molecule has 0 bridgehead atoms. The lowest BCUT2D eigenvalue weighted by atomic mass is 10.1. The van der Waals surface area contributed by atoms with Crippen LogP contribution >= 0.6 is 0 Å². The molecule has 0 atom stereocenters. The fourth-order valence-electron chi connectivity index (χ4n) is 3.00. The summed E-state index contributed by atoms with van der Waals surface area (Å²) in [6.45, 7) is 1.26. The van der Waals surface area contributed by atoms with Crippen LogP contribution in [0.2, 0.25) is 0 Å². The second-order valence-corrected chi connectivity index (χ2v) is 6.66. The summed E-state index contributed by atoms with van der Waals surface area (Å²) in [5.41, 5.74) is 0.887. The van der Waals surface area contributed by atoms with Gasteiger partial charge in [0.25, 0.3) is 0 Å². The lowest BCUT2D eigenvalue weighted by Crippen LogP contribution is -2.51. The molecule has 2 heterocycles. The van der Waals surface area contributed by atoms with Crippen LogP contribution in [0.1, 0.15) is 17.3 Å². The number of rotatable bonds is 6. The highest BCUT2D eigenvalue weighted by Crippen LogP contribution is 2.22. The van der Waals surface area contributed by atoms with E-state index in [0.717, 1.165) is 17.9 Å². The van der Waals surface area contributed by atoms with Crippen LogP contribution in [-0.2, 0) is 17.8 Å². The van der Waals surface area contributed by atoms with E-state index in [0.29, 0.717) is 25.4 Å². The molecule has 0 radical (unpaired) electrons. The largest absolute Gasteiger partial charge is 0.487 e. The number of carbonyl (C=O) groups is 1. The highest BCUT2D eigenvalue weighted by molar-refractivity contribution is 5.79. The Morgan fingerprint density at radius 1 is 1.14 bits per heavy atom. The minimum Gasteiger partial charge on any atom is -0.487 e. The first-order valence-electron chi connectivity index (χ1n) is 8.89. The third-order valence-electron chi connectivity index (χ3n) is 4.63. The summed E-state index contributed by atoms with van der Waals surface area (Å²) in [5.74, 6) is -0.805. The molecule has 1 amide bonds. The molecule has 2 aromatic carbocycles. The maximum atomic E-state index is 13.7. The van der Waals surface area contributed by atoms with Crippen molar-refractivity contribution in [3.63, 3.8) is 0 Å². The van der Waals surface area contributed by atoms with Crippen LogP contribution in [-0.4, -0.2) is 38.9 Å². The summed E-state index contributed by atoms with van der Waals surface area (Å²) in [5, 5.41) is 8.19. The number of nitrogens with zero attached hydrogens (tertiary/aromatic N) is 4. The van der Waals surface area contributed by atoms with E-state index in [1.54, 1.807) is 15.8 Å². The number of ether oxygens (including phenoxy) is 1. The van der Waals surface area contributed by atoms with E-state index in [9.17, 15) is 13.6 Å². The number of amides is 1. The van der Waals surface area contributed by atoms with Crippen molar-refractivity contribution in [2.75, 3.05) is 13.1 Å². The molecule has 1 saturated heterocycles. The normalized spacial score (nSPS) is 14.0. The molecule has 0 unspecified atom stereocenters. The van der Waals surface area contributed by atoms with Crippen LogP contribution < -0.4 is 4.74 Å². The van der Waals surface area contributed by atoms with E-state index in [1.807, 2.05) is 30.3 Å². The molecule has 1 fully saturated rings. The van der Waals surface area contributed by atoms with E-state index in [4.69, 9.17) is 4.74 Å². The van der Waals surface area contributed by atoms with Crippen molar-refractivity contribution in [2.24, 2.45) is 0 Å². The van der Waals surface area contributed by atoms with Gasteiger partial charge in [-0.25, -0.2) is 13.5 Å². The molecule has 1 aliphatic rings. The molecular weight excluding hydrogens is 366 g/mol. The number of carbonyl (C=O) groups excluding carboxylic acids is 1. The van der Waals surface area contributed by atoms with E-state index >= 15 is 0 Å². The molecule has 8 heteroatoms. The SMILES string of the molecule is O=C(Cc1ccc(F)cc1F)N1CC(n2cc(COc3ccccc3)nn2)C1. The van der Waals surface area contributed by atoms with Crippen molar-refractivity contribution >= 4 is 5.91 Å². The number of hydrogen-bond acceptors (Lipinski definition) is 4. The number of hydrogen-bond donors (Lipinski definition) is 0. The Hall–Kier alpha value is -3.29. The van der Waals surface area contributed by atoms with Crippen molar-refractivity contribution in [3.05, 3.63) is 77.6 Å². The van der Waals surface area contributed by atoms with Gasteiger partial charge in [0, 0.05) is 19.2 Å². The van der Waals surface area contributed by atoms with Crippen molar-refractivity contribution < 1.29 is 18.3 Å². The van der Waals surface area contributed by atoms with Gasteiger partial charge in [0.05, 0.1) is 18.7 Å². The molecule has 28 heavy (non-hydrogen) atoms. The summed E-state index contributed by atoms with van der Waals surface area (Å²) in [7, 11) is 0. The molecule has 0 saturated carbocycles. The molecule has 4 rings (SSSR count). The third-order valence-corrected chi connectivity index (χ3v) is 4.63. The van der Waals surface area contributed by atoms with Gasteiger partial charge in [-0.05, 0) is 23.8 Å². The number of aromatic nitrogens is 3. The predicted octanol–water partition coefficient (Wildman–Crippen LogP) is 2.76. The predicted molar refractivity (Wildman–Crippen MR) is 96.5 cm³/mol. The minimum atomic E-state index is -0.704. The molecular formula is C20H18F2N4O2. The minimum absolute atomic E-state index is 0.0278. The Morgan fingerprint density at radius 3 is 2.68 bits per heavy atom. The quantitative estimate of drug-likeness (QED) is 0.656. The van der Waals surface area contributed by atoms with E-state index in [-0.39, 0.29) is 23.9 Å². The van der Waals surface area contributed by atoms with Crippen LogP contribution in [0.3, 0.4) is 0 Å². The highest BCUT2D eigenvalue weighted by Gasteiger charge is 2.33. The molecule has 144 valence electrons. The second-order valence-electron chi connectivity index (χ2n) is 6.66. The Balaban J connectivity index is 1.28. The summed E-state index contributed by atoms with van der Waals surface area (Å²) in [6, 6.07) is 12.7. The Bertz CT molecular complexity index is 971. The number of benzene rings is 2. The monoisotopic (exact) mass is 384 g/mol. The first-order chi connectivity index (χ1) is 13.6. The number of likely N-dealkylation sites (tertiary alicyclic amines) is 1. The van der Waals surface area contributed by atoms with Gasteiger partial charge in [0.15, 0.2) is 0 Å². The zero-order chi connectivity index (χ0) is 19.5. The van der Waals surface area contributed by atoms with Crippen LogP contribution in [0.5, 0.6) is 5.75 Å². The van der Waals surface area contributed by atoms with Crippen molar-refractivity contribution in [1.82, 2.24) is 19.9 Å². The van der Waals surface area contributed by atoms with E-state index in [2.05, 4.69) is 10.3 Å². The third kappa shape index (κ3) is 4.00. The Kier molecular flexibility index (Phi) is 5.01. The average molecular weight is 384 g/mol. The molecule has 0 N–H and O–H groups in total. The van der Waals surface area contributed by atoms with Gasteiger partial charge in [0.1, 0.15) is 29.7 Å². The summed E-state index contributed by atoms with van der Waals surface area (Å²) in [6.07, 6.45) is 1.71. The molecule has 3 aromatic rings. The zero-order valence-electron chi connectivity index (χ0n) is 15.0. The summed E-state index contributed by atoms with van der Waals surface area (Å²) < 4.78 is 34.0. The second kappa shape index (κ2) is 7.75. The molecule has 0 aliphatic carbocycles.